The lowest BCUT2D eigenvalue weighted by Crippen LogP contribution is -2.60. The van der Waals surface area contributed by atoms with Gasteiger partial charge in [-0.3, -0.25) is 9.35 Å². The van der Waals surface area contributed by atoms with Crippen molar-refractivity contribution in [2.24, 2.45) is 0 Å². The van der Waals surface area contributed by atoms with Gasteiger partial charge in [-0.15, -0.1) is 0 Å². The molecule has 0 aromatic rings. The summed E-state index contributed by atoms with van der Waals surface area (Å²) >= 11 is 0. The molecule has 0 spiro atoms. The molecule has 12 nitrogen and oxygen atoms in total. The number of hydrogen-bond donors (Lipinski definition) is 4. The second-order valence-electron chi connectivity index (χ2n) is 14.9. The van der Waals surface area contributed by atoms with Crippen molar-refractivity contribution >= 4 is 16.4 Å². The molecule has 0 aliphatic carbocycles. The van der Waals surface area contributed by atoms with Crippen LogP contribution in [0, 0.1) is 0 Å². The molecule has 1 aliphatic rings. The number of esters is 1. The predicted octanol–water partition coefficient (Wildman–Crippen LogP) is 9.13. The van der Waals surface area contributed by atoms with Crippen molar-refractivity contribution < 1.29 is 56.2 Å². The van der Waals surface area contributed by atoms with Crippen molar-refractivity contribution in [3.63, 3.8) is 0 Å². The van der Waals surface area contributed by atoms with E-state index < -0.39 is 59.8 Å². The predicted molar refractivity (Wildman–Crippen MR) is 234 cm³/mol. The fourth-order valence-electron chi connectivity index (χ4n) is 6.23. The van der Waals surface area contributed by atoms with Gasteiger partial charge in [-0.2, -0.15) is 8.42 Å². The number of ether oxygens (including phenoxy) is 4. The highest BCUT2D eigenvalue weighted by atomic mass is 32.3. The van der Waals surface area contributed by atoms with Crippen molar-refractivity contribution in [3.8, 4) is 0 Å². The first-order chi connectivity index (χ1) is 28.6. The highest BCUT2D eigenvalue weighted by molar-refractivity contribution is 7.80. The lowest BCUT2D eigenvalue weighted by Gasteiger charge is -2.41. The largest absolute Gasteiger partial charge is 0.457 e. The van der Waals surface area contributed by atoms with E-state index in [0.29, 0.717) is 13.0 Å². The number of allylic oxidation sites excluding steroid dienone is 12. The van der Waals surface area contributed by atoms with Crippen LogP contribution in [0.25, 0.3) is 0 Å². The third-order valence-electron chi connectivity index (χ3n) is 9.54. The maximum Gasteiger partial charge on any atom is 0.397 e. The molecule has 59 heavy (non-hydrogen) atoms. The van der Waals surface area contributed by atoms with Gasteiger partial charge in [-0.05, 0) is 77.0 Å². The van der Waals surface area contributed by atoms with Gasteiger partial charge in [0, 0.05) is 13.0 Å². The molecule has 0 bridgehead atoms. The number of rotatable bonds is 37. The van der Waals surface area contributed by atoms with E-state index >= 15 is 0 Å². The molecule has 6 unspecified atom stereocenters. The summed E-state index contributed by atoms with van der Waals surface area (Å²) in [6, 6.07) is 0. The van der Waals surface area contributed by atoms with E-state index in [2.05, 4.69) is 90.9 Å². The van der Waals surface area contributed by atoms with Gasteiger partial charge in [0.25, 0.3) is 0 Å². The summed E-state index contributed by atoms with van der Waals surface area (Å²) in [5.74, 6) is -0.424. The van der Waals surface area contributed by atoms with E-state index in [4.69, 9.17) is 23.5 Å². The summed E-state index contributed by atoms with van der Waals surface area (Å²) < 4.78 is 58.9. The Morgan fingerprint density at radius 3 is 1.73 bits per heavy atom. The van der Waals surface area contributed by atoms with Crippen molar-refractivity contribution in [1.29, 1.82) is 0 Å². The van der Waals surface area contributed by atoms with E-state index in [9.17, 15) is 28.5 Å². The topological polar surface area (TPSA) is 178 Å². The number of carbonyl (C=O) groups is 1. The summed E-state index contributed by atoms with van der Waals surface area (Å²) in [4.78, 5) is 12.8. The second kappa shape index (κ2) is 37.3. The van der Waals surface area contributed by atoms with Gasteiger partial charge in [0.05, 0.1) is 19.8 Å². The quantitative estimate of drug-likeness (QED) is 0.0202. The van der Waals surface area contributed by atoms with E-state index in [1.807, 2.05) is 0 Å². The highest BCUT2D eigenvalue weighted by Gasteiger charge is 2.48. The number of hydrogen-bond acceptors (Lipinski definition) is 11. The van der Waals surface area contributed by atoms with E-state index in [1.54, 1.807) is 0 Å². The SMILES string of the molecule is CC/C=C\C/C=C\C/C=C\C/C=C\C/C=C\CCCCCCCC(=O)OC(COCCCCCCCC/C=C\CCC)COC1OC(CO)C(O)C(OS(=O)(=O)O)C1O. The first-order valence-corrected chi connectivity index (χ1v) is 23.6. The molecule has 0 radical (unpaired) electrons. The molecule has 1 saturated heterocycles. The molecular formula is C46H78O12S. The molecule has 1 heterocycles. The van der Waals surface area contributed by atoms with Crippen LogP contribution in [0.2, 0.25) is 0 Å². The van der Waals surface area contributed by atoms with Gasteiger partial charge in [-0.25, -0.2) is 4.18 Å². The normalized spacial score (nSPS) is 21.1. The molecule has 0 saturated carbocycles. The molecule has 1 fully saturated rings. The molecule has 1 rings (SSSR count). The van der Waals surface area contributed by atoms with Crippen molar-refractivity contribution in [2.45, 2.75) is 185 Å². The van der Waals surface area contributed by atoms with Gasteiger partial charge in [-0.1, -0.05) is 138 Å². The lowest BCUT2D eigenvalue weighted by atomic mass is 9.99. The molecular weight excluding hydrogens is 777 g/mol. The Bertz CT molecular complexity index is 1310. The van der Waals surface area contributed by atoms with Crippen molar-refractivity contribution in [2.75, 3.05) is 26.4 Å². The minimum absolute atomic E-state index is 0.0193. The van der Waals surface area contributed by atoms with Crippen LogP contribution in [-0.2, 0) is 38.3 Å². The fraction of sp³-hybridized carbons (Fsp3) is 0.717. The average molecular weight is 855 g/mol. The molecule has 0 aromatic carbocycles. The summed E-state index contributed by atoms with van der Waals surface area (Å²) in [5, 5.41) is 30.6. The first-order valence-electron chi connectivity index (χ1n) is 22.2. The van der Waals surface area contributed by atoms with Crippen LogP contribution >= 0.6 is 0 Å². The van der Waals surface area contributed by atoms with Crippen LogP contribution in [0.15, 0.2) is 72.9 Å². The first kappa shape index (κ1) is 54.6. The van der Waals surface area contributed by atoms with Gasteiger partial charge in [0.2, 0.25) is 0 Å². The Labute approximate surface area is 356 Å². The Balaban J connectivity index is 2.43. The monoisotopic (exact) mass is 855 g/mol. The molecule has 340 valence electrons. The maximum absolute atomic E-state index is 12.8. The van der Waals surface area contributed by atoms with Crippen LogP contribution in [0.3, 0.4) is 0 Å². The summed E-state index contributed by atoms with van der Waals surface area (Å²) in [7, 11) is -5.07. The minimum atomic E-state index is -5.07. The molecule has 13 heteroatoms. The number of unbranched alkanes of at least 4 members (excludes halogenated alkanes) is 12. The maximum atomic E-state index is 12.8. The standard InChI is InChI=1S/C46H78O12S/c1-3-5-7-9-11-13-15-16-17-18-19-20-21-22-23-24-25-27-29-31-33-35-42(48)56-40(38-54-36-34-32-30-28-26-14-12-10-8-6-4-2)39-55-46-44(50)45(58-59(51,52)53)43(49)41(37-47)57-46/h5,7-8,10-11,13,16-17,19-20,22-23,40-41,43-47,49-50H,3-4,6,9,12,14-15,18,21,24-39H2,1-2H3,(H,51,52,53)/b7-5-,10-8-,13-11-,17-16-,20-19-,23-22-. The molecule has 0 amide bonds. The third kappa shape index (κ3) is 31.1. The van der Waals surface area contributed by atoms with Crippen LogP contribution in [0.4, 0.5) is 0 Å². The van der Waals surface area contributed by atoms with Gasteiger partial charge >= 0.3 is 16.4 Å². The van der Waals surface area contributed by atoms with Gasteiger partial charge < -0.3 is 34.3 Å². The van der Waals surface area contributed by atoms with E-state index in [-0.39, 0.29) is 19.6 Å². The summed E-state index contributed by atoms with van der Waals surface area (Å²) in [6.45, 7) is 3.75. The molecule has 0 aromatic heterocycles. The number of aliphatic hydroxyl groups excluding tert-OH is 3. The fourth-order valence-corrected chi connectivity index (χ4v) is 6.74. The zero-order valence-electron chi connectivity index (χ0n) is 36.0. The molecule has 1 aliphatic heterocycles. The molecule has 6 atom stereocenters. The van der Waals surface area contributed by atoms with Crippen LogP contribution in [0.1, 0.15) is 149 Å². The van der Waals surface area contributed by atoms with Crippen molar-refractivity contribution in [3.05, 3.63) is 72.9 Å². The number of aliphatic hydroxyl groups is 3. The number of carbonyl (C=O) groups excluding carboxylic acids is 1. The van der Waals surface area contributed by atoms with Crippen molar-refractivity contribution in [1.82, 2.24) is 0 Å². The van der Waals surface area contributed by atoms with Crippen LogP contribution < -0.4 is 0 Å². The Kier molecular flexibility index (Phi) is 34.5. The summed E-state index contributed by atoms with van der Waals surface area (Å²) in [6.07, 6.45) is 37.9. The van der Waals surface area contributed by atoms with E-state index in [1.165, 1.54) is 19.3 Å². The van der Waals surface area contributed by atoms with Gasteiger partial charge in [0.1, 0.15) is 30.5 Å². The van der Waals surface area contributed by atoms with Crippen LogP contribution in [0.5, 0.6) is 0 Å². The smallest absolute Gasteiger partial charge is 0.397 e. The highest BCUT2D eigenvalue weighted by Crippen LogP contribution is 2.26. The third-order valence-corrected chi connectivity index (χ3v) is 10.0. The zero-order valence-corrected chi connectivity index (χ0v) is 36.8. The summed E-state index contributed by atoms with van der Waals surface area (Å²) in [5.41, 5.74) is 0. The Morgan fingerprint density at radius 1 is 0.661 bits per heavy atom. The average Bonchev–Trinajstić information content (AvgIpc) is 3.20. The Morgan fingerprint density at radius 2 is 1.17 bits per heavy atom. The second-order valence-corrected chi connectivity index (χ2v) is 15.9. The zero-order chi connectivity index (χ0) is 43.2. The molecule has 4 N–H and O–H groups in total. The van der Waals surface area contributed by atoms with Gasteiger partial charge in [0.15, 0.2) is 6.29 Å². The Hall–Kier alpha value is -2.46. The minimum Gasteiger partial charge on any atom is -0.457 e. The van der Waals surface area contributed by atoms with E-state index in [0.717, 1.165) is 103 Å². The van der Waals surface area contributed by atoms with Crippen LogP contribution in [-0.4, -0.2) is 97.5 Å². The lowest BCUT2D eigenvalue weighted by molar-refractivity contribution is -0.301.